The fourth-order valence-electron chi connectivity index (χ4n) is 4.35. The zero-order valence-corrected chi connectivity index (χ0v) is 21.2. The highest BCUT2D eigenvalue weighted by atomic mass is 32.1. The molecule has 2 heterocycles. The van der Waals surface area contributed by atoms with Gasteiger partial charge in [0, 0.05) is 17.8 Å². The first-order chi connectivity index (χ1) is 17.5. The second-order valence-corrected chi connectivity index (χ2v) is 10.3. The summed E-state index contributed by atoms with van der Waals surface area (Å²) in [6.07, 6.45) is -1.15. The minimum Gasteiger partial charge on any atom is -0.483 e. The van der Waals surface area contributed by atoms with Crippen molar-refractivity contribution in [2.75, 3.05) is 5.32 Å². The average Bonchev–Trinajstić information content (AvgIpc) is 3.44. The van der Waals surface area contributed by atoms with Gasteiger partial charge in [0.25, 0.3) is 0 Å². The molecule has 0 aliphatic carbocycles. The molecule has 2 atom stereocenters. The minimum absolute atomic E-state index is 0.373. The highest BCUT2D eigenvalue weighted by Gasteiger charge is 2.47. The number of fused-ring (bicyclic) bond motifs is 1. The predicted molar refractivity (Wildman–Crippen MR) is 142 cm³/mol. The van der Waals surface area contributed by atoms with Crippen molar-refractivity contribution in [3.63, 3.8) is 0 Å². The van der Waals surface area contributed by atoms with Crippen molar-refractivity contribution >= 4 is 23.0 Å². The third kappa shape index (κ3) is 5.45. The number of thiophene rings is 1. The summed E-state index contributed by atoms with van der Waals surface area (Å²) in [5.41, 5.74) is 3.24. The fraction of sp³-hybridized carbons (Fsp3) is 0.233. The van der Waals surface area contributed by atoms with Crippen LogP contribution in [0.4, 0.5) is 5.69 Å². The lowest BCUT2D eigenvalue weighted by Gasteiger charge is -2.43. The van der Waals surface area contributed by atoms with E-state index in [9.17, 15) is 4.79 Å². The molecule has 0 fully saturated rings. The highest BCUT2D eigenvalue weighted by Crippen LogP contribution is 2.45. The number of ether oxygens (including phenoxy) is 3. The number of benzene rings is 3. The maximum atomic E-state index is 13.0. The number of esters is 1. The van der Waals surface area contributed by atoms with Gasteiger partial charge >= 0.3 is 5.97 Å². The Hall–Kier alpha value is -3.61. The first-order valence-electron chi connectivity index (χ1n) is 12.0. The number of nitrogens with one attached hydrogen (secondary N) is 1. The maximum Gasteiger partial charge on any atom is 0.348 e. The van der Waals surface area contributed by atoms with Crippen LogP contribution in [0.2, 0.25) is 0 Å². The monoisotopic (exact) mass is 499 g/mol. The molecular formula is C30H29NO4S. The van der Waals surface area contributed by atoms with Crippen LogP contribution in [-0.2, 0) is 22.6 Å². The highest BCUT2D eigenvalue weighted by molar-refractivity contribution is 7.11. The molecule has 0 saturated carbocycles. The number of hydrogen-bond acceptors (Lipinski definition) is 6. The van der Waals surface area contributed by atoms with E-state index >= 15 is 0 Å². The van der Waals surface area contributed by atoms with Crippen LogP contribution in [0.15, 0.2) is 96.4 Å². The molecule has 5 rings (SSSR count). The molecule has 0 bridgehead atoms. The molecule has 0 spiro atoms. The van der Waals surface area contributed by atoms with Gasteiger partial charge in [-0.1, -0.05) is 66.7 Å². The molecule has 6 heteroatoms. The van der Waals surface area contributed by atoms with Gasteiger partial charge in [0.15, 0.2) is 6.10 Å². The molecule has 4 aromatic rings. The van der Waals surface area contributed by atoms with Crippen LogP contribution in [-0.4, -0.2) is 17.7 Å². The van der Waals surface area contributed by atoms with Gasteiger partial charge in [-0.15, -0.1) is 11.3 Å². The lowest BCUT2D eigenvalue weighted by molar-refractivity contribution is -0.143. The normalized spacial score (nSPS) is 18.1. The SMILES string of the molecule is CC1(C)Oc2ccc(NCc3ccccc3)cc2C(OCc2ccccc2)C1OC(=O)c1cccs1. The Balaban J connectivity index is 1.45. The summed E-state index contributed by atoms with van der Waals surface area (Å²) >= 11 is 1.36. The summed E-state index contributed by atoms with van der Waals surface area (Å²) in [7, 11) is 0. The van der Waals surface area contributed by atoms with Gasteiger partial charge in [0.1, 0.15) is 22.3 Å². The molecule has 0 amide bonds. The summed E-state index contributed by atoms with van der Waals surface area (Å²) in [5, 5.41) is 5.35. The summed E-state index contributed by atoms with van der Waals surface area (Å²) in [4.78, 5) is 13.5. The Kier molecular flexibility index (Phi) is 7.07. The third-order valence-corrected chi connectivity index (χ3v) is 7.07. The smallest absolute Gasteiger partial charge is 0.348 e. The second-order valence-electron chi connectivity index (χ2n) is 9.32. The third-order valence-electron chi connectivity index (χ3n) is 6.22. The van der Waals surface area contributed by atoms with E-state index < -0.39 is 17.8 Å². The minimum atomic E-state index is -0.791. The quantitative estimate of drug-likeness (QED) is 0.264. The van der Waals surface area contributed by atoms with Gasteiger partial charge < -0.3 is 19.5 Å². The number of hydrogen-bond donors (Lipinski definition) is 1. The van der Waals surface area contributed by atoms with Gasteiger partial charge in [-0.05, 0) is 54.6 Å². The molecule has 0 saturated heterocycles. The Morgan fingerprint density at radius 2 is 1.67 bits per heavy atom. The van der Waals surface area contributed by atoms with Crippen molar-refractivity contribution < 1.29 is 19.0 Å². The lowest BCUT2D eigenvalue weighted by atomic mass is 9.87. The van der Waals surface area contributed by atoms with Crippen molar-refractivity contribution in [1.29, 1.82) is 0 Å². The van der Waals surface area contributed by atoms with E-state index in [0.29, 0.717) is 18.0 Å². The Morgan fingerprint density at radius 3 is 2.36 bits per heavy atom. The summed E-state index contributed by atoms with van der Waals surface area (Å²) in [6, 6.07) is 29.8. The average molecular weight is 500 g/mol. The van der Waals surface area contributed by atoms with Gasteiger partial charge in [-0.25, -0.2) is 4.79 Å². The molecule has 1 aliphatic rings. The Morgan fingerprint density at radius 1 is 0.944 bits per heavy atom. The molecule has 1 N–H and O–H groups in total. The molecule has 184 valence electrons. The van der Waals surface area contributed by atoms with Crippen molar-refractivity contribution in [3.8, 4) is 5.75 Å². The number of anilines is 1. The largest absolute Gasteiger partial charge is 0.483 e. The summed E-state index contributed by atoms with van der Waals surface area (Å²) in [5.74, 6) is 0.355. The van der Waals surface area contributed by atoms with Crippen LogP contribution in [0.5, 0.6) is 5.75 Å². The van der Waals surface area contributed by atoms with E-state index in [2.05, 4.69) is 17.4 Å². The van der Waals surface area contributed by atoms with Crippen molar-refractivity contribution in [2.45, 2.75) is 44.8 Å². The molecule has 3 aromatic carbocycles. The van der Waals surface area contributed by atoms with Crippen molar-refractivity contribution in [3.05, 3.63) is 118 Å². The summed E-state index contributed by atoms with van der Waals surface area (Å²) < 4.78 is 18.9. The topological polar surface area (TPSA) is 56.8 Å². The van der Waals surface area contributed by atoms with Crippen LogP contribution < -0.4 is 10.1 Å². The fourth-order valence-corrected chi connectivity index (χ4v) is 4.96. The Bertz CT molecular complexity index is 1290. The van der Waals surface area contributed by atoms with E-state index in [1.807, 2.05) is 92.0 Å². The summed E-state index contributed by atoms with van der Waals surface area (Å²) in [6.45, 7) is 4.94. The number of carbonyl (C=O) groups is 1. The zero-order chi connectivity index (χ0) is 25.0. The van der Waals surface area contributed by atoms with E-state index in [1.54, 1.807) is 6.07 Å². The van der Waals surface area contributed by atoms with Crippen LogP contribution >= 0.6 is 11.3 Å². The van der Waals surface area contributed by atoms with Crippen molar-refractivity contribution in [1.82, 2.24) is 0 Å². The first kappa shape index (κ1) is 24.1. The van der Waals surface area contributed by atoms with E-state index in [4.69, 9.17) is 14.2 Å². The molecule has 2 unspecified atom stereocenters. The van der Waals surface area contributed by atoms with Crippen LogP contribution in [0.3, 0.4) is 0 Å². The van der Waals surface area contributed by atoms with Crippen molar-refractivity contribution in [2.24, 2.45) is 0 Å². The molecular weight excluding hydrogens is 470 g/mol. The van der Waals surface area contributed by atoms with Gasteiger partial charge in [-0.2, -0.15) is 0 Å². The molecule has 36 heavy (non-hydrogen) atoms. The Labute approximate surface area is 215 Å². The number of rotatable bonds is 8. The lowest BCUT2D eigenvalue weighted by Crippen LogP contribution is -2.51. The molecule has 1 aromatic heterocycles. The zero-order valence-electron chi connectivity index (χ0n) is 20.3. The maximum absolute atomic E-state index is 13.0. The molecule has 0 radical (unpaired) electrons. The van der Waals surface area contributed by atoms with Crippen LogP contribution in [0, 0.1) is 0 Å². The number of carbonyl (C=O) groups excluding carboxylic acids is 1. The van der Waals surface area contributed by atoms with Gasteiger partial charge in [0.2, 0.25) is 0 Å². The van der Waals surface area contributed by atoms with Crippen LogP contribution in [0.1, 0.15) is 46.3 Å². The molecule has 1 aliphatic heterocycles. The van der Waals surface area contributed by atoms with Crippen LogP contribution in [0.25, 0.3) is 0 Å². The van der Waals surface area contributed by atoms with E-state index in [0.717, 1.165) is 22.6 Å². The predicted octanol–water partition coefficient (Wildman–Crippen LogP) is 7.01. The van der Waals surface area contributed by atoms with E-state index in [1.165, 1.54) is 16.9 Å². The molecule has 5 nitrogen and oxygen atoms in total. The first-order valence-corrected chi connectivity index (χ1v) is 12.9. The van der Waals surface area contributed by atoms with E-state index in [-0.39, 0.29) is 5.97 Å². The van der Waals surface area contributed by atoms with Gasteiger partial charge in [0.05, 0.1) is 6.61 Å². The standard InChI is InChI=1S/C30H29NO4S/c1-30(2)28(34-29(32)26-14-9-17-36-26)27(33-20-22-12-7-4-8-13-22)24-18-23(15-16-25(24)35-30)31-19-21-10-5-3-6-11-21/h3-18,27-28,31H,19-20H2,1-2H3. The second kappa shape index (κ2) is 10.6. The van der Waals surface area contributed by atoms with Gasteiger partial charge in [-0.3, -0.25) is 0 Å².